The average molecular weight is 384 g/mol. The van der Waals surface area contributed by atoms with Crippen molar-refractivity contribution in [2.45, 2.75) is 32.7 Å². The highest BCUT2D eigenvalue weighted by atomic mass is 32.2. The molecule has 1 rings (SSSR count). The summed E-state index contributed by atoms with van der Waals surface area (Å²) >= 11 is 6.81. The summed E-state index contributed by atoms with van der Waals surface area (Å²) in [4.78, 5) is 23.2. The third-order valence-electron chi connectivity index (χ3n) is 3.52. The molecule has 0 radical (unpaired) electrons. The molecule has 9 heteroatoms. The summed E-state index contributed by atoms with van der Waals surface area (Å²) in [5, 5.41) is 5.79. The van der Waals surface area contributed by atoms with Crippen molar-refractivity contribution in [2.24, 2.45) is 5.73 Å². The van der Waals surface area contributed by atoms with E-state index in [1.54, 1.807) is 11.8 Å². The van der Waals surface area contributed by atoms with Gasteiger partial charge in [0.15, 0.2) is 5.11 Å². The van der Waals surface area contributed by atoms with Gasteiger partial charge < -0.3 is 16.4 Å². The summed E-state index contributed by atoms with van der Waals surface area (Å²) in [6, 6.07) is 4.53. The Kier molecular flexibility index (Phi) is 9.07. The number of carbonyl (C=O) groups excluding carboxylic acids is 2. The number of amides is 3. The number of primary amides is 1. The summed E-state index contributed by atoms with van der Waals surface area (Å²) < 4.78 is 0. The van der Waals surface area contributed by atoms with Gasteiger partial charge in [-0.3, -0.25) is 15.6 Å². The van der Waals surface area contributed by atoms with Crippen molar-refractivity contribution in [2.75, 3.05) is 17.3 Å². The smallest absolute Gasteiger partial charge is 0.312 e. The van der Waals surface area contributed by atoms with E-state index in [0.717, 1.165) is 23.2 Å². The lowest BCUT2D eigenvalue weighted by Gasteiger charge is -2.19. The topological polar surface area (TPSA) is 108 Å². The maximum Gasteiger partial charge on any atom is 0.312 e. The zero-order chi connectivity index (χ0) is 18.8. The molecule has 1 aromatic carbocycles. The second kappa shape index (κ2) is 10.8. The lowest BCUT2D eigenvalue weighted by Crippen LogP contribution is -2.54. The molecule has 6 N–H and O–H groups in total. The largest absolute Gasteiger partial charge is 0.352 e. The predicted octanol–water partition coefficient (Wildman–Crippen LogP) is 1.67. The number of anilines is 1. The second-order valence-electron chi connectivity index (χ2n) is 5.37. The van der Waals surface area contributed by atoms with E-state index < -0.39 is 18.0 Å². The van der Waals surface area contributed by atoms with Crippen LogP contribution in [0.1, 0.15) is 24.5 Å². The molecular formula is C16H25N5O2S2. The SMILES string of the molecule is CCc1cccc(C)c1NC(=S)NNC(=O)[C@H](CCSC)NC(N)=O. The fraction of sp³-hybridized carbons (Fsp3) is 0.438. The van der Waals surface area contributed by atoms with Crippen molar-refractivity contribution < 1.29 is 9.59 Å². The van der Waals surface area contributed by atoms with E-state index in [1.165, 1.54) is 0 Å². The minimum atomic E-state index is -0.741. The van der Waals surface area contributed by atoms with Crippen LogP contribution in [0.3, 0.4) is 0 Å². The number of thioether (sulfide) groups is 1. The number of nitrogens with two attached hydrogens (primary N) is 1. The number of hydrogen-bond acceptors (Lipinski definition) is 4. The molecule has 0 aliphatic heterocycles. The normalized spacial score (nSPS) is 11.3. The quantitative estimate of drug-likeness (QED) is 0.362. The number of nitrogens with one attached hydrogen (secondary N) is 4. The van der Waals surface area contributed by atoms with Crippen molar-refractivity contribution in [1.82, 2.24) is 16.2 Å². The fourth-order valence-corrected chi connectivity index (χ4v) is 2.85. The number of thiocarbonyl (C=S) groups is 1. The van der Waals surface area contributed by atoms with Gasteiger partial charge in [-0.25, -0.2) is 4.79 Å². The highest BCUT2D eigenvalue weighted by Gasteiger charge is 2.19. The molecule has 0 aliphatic carbocycles. The molecule has 0 unspecified atom stereocenters. The van der Waals surface area contributed by atoms with Crippen LogP contribution in [0.4, 0.5) is 10.5 Å². The maximum absolute atomic E-state index is 12.2. The highest BCUT2D eigenvalue weighted by molar-refractivity contribution is 7.98. The van der Waals surface area contributed by atoms with Crippen molar-refractivity contribution in [3.63, 3.8) is 0 Å². The molecule has 0 saturated carbocycles. The van der Waals surface area contributed by atoms with Crippen molar-refractivity contribution in [3.8, 4) is 0 Å². The molecule has 7 nitrogen and oxygen atoms in total. The summed E-state index contributed by atoms with van der Waals surface area (Å²) in [5.74, 6) is 0.307. The van der Waals surface area contributed by atoms with E-state index in [4.69, 9.17) is 18.0 Å². The van der Waals surface area contributed by atoms with Crippen molar-refractivity contribution in [3.05, 3.63) is 29.3 Å². The van der Waals surface area contributed by atoms with Crippen molar-refractivity contribution >= 4 is 46.7 Å². The molecule has 0 saturated heterocycles. The van der Waals surface area contributed by atoms with Crippen LogP contribution < -0.4 is 27.2 Å². The fourth-order valence-electron chi connectivity index (χ4n) is 2.23. The first-order valence-electron chi connectivity index (χ1n) is 7.89. The Morgan fingerprint density at radius 3 is 2.64 bits per heavy atom. The van der Waals surface area contributed by atoms with E-state index in [9.17, 15) is 9.59 Å². The number of benzene rings is 1. The Morgan fingerprint density at radius 2 is 2.04 bits per heavy atom. The van der Waals surface area contributed by atoms with E-state index in [0.29, 0.717) is 12.2 Å². The molecule has 0 spiro atoms. The van der Waals surface area contributed by atoms with Gasteiger partial charge in [-0.1, -0.05) is 25.1 Å². The van der Waals surface area contributed by atoms with Gasteiger partial charge in [0.05, 0.1) is 0 Å². The molecule has 0 aliphatic rings. The average Bonchev–Trinajstić information content (AvgIpc) is 2.57. The highest BCUT2D eigenvalue weighted by Crippen LogP contribution is 2.20. The van der Waals surface area contributed by atoms with E-state index in [1.807, 2.05) is 31.4 Å². The lowest BCUT2D eigenvalue weighted by atomic mass is 10.1. The summed E-state index contributed by atoms with van der Waals surface area (Å²) in [5.41, 5.74) is 13.4. The van der Waals surface area contributed by atoms with Gasteiger partial charge in [0.1, 0.15) is 6.04 Å². The predicted molar refractivity (Wildman–Crippen MR) is 108 cm³/mol. The van der Waals surface area contributed by atoms with E-state index >= 15 is 0 Å². The van der Waals surface area contributed by atoms with Crippen LogP contribution >= 0.6 is 24.0 Å². The van der Waals surface area contributed by atoms with E-state index in [-0.39, 0.29) is 5.11 Å². The minimum Gasteiger partial charge on any atom is -0.352 e. The van der Waals surface area contributed by atoms with E-state index in [2.05, 4.69) is 28.4 Å². The molecule has 3 amide bonds. The Morgan fingerprint density at radius 1 is 1.32 bits per heavy atom. The lowest BCUT2D eigenvalue weighted by molar-refractivity contribution is -0.123. The van der Waals surface area contributed by atoms with Crippen LogP contribution in [0.2, 0.25) is 0 Å². The molecule has 25 heavy (non-hydrogen) atoms. The Balaban J connectivity index is 2.62. The standard InChI is InChI=1S/C16H25N5O2S2/c1-4-11-7-5-6-10(2)13(11)19-16(24)21-20-14(22)12(8-9-25-3)18-15(17)23/h5-7,12H,4,8-9H2,1-3H3,(H,20,22)(H3,17,18,23)(H2,19,21,24)/t12-/m0/s1. The van der Waals surface area contributed by atoms with Gasteiger partial charge in [-0.15, -0.1) is 0 Å². The van der Waals surface area contributed by atoms with Gasteiger partial charge in [0.25, 0.3) is 5.91 Å². The van der Waals surface area contributed by atoms with Crippen LogP contribution in [-0.4, -0.2) is 35.1 Å². The van der Waals surface area contributed by atoms with Gasteiger partial charge in [-0.2, -0.15) is 11.8 Å². The third kappa shape index (κ3) is 7.18. The van der Waals surface area contributed by atoms with Gasteiger partial charge >= 0.3 is 6.03 Å². The van der Waals surface area contributed by atoms with Crippen LogP contribution in [0, 0.1) is 6.92 Å². The van der Waals surface area contributed by atoms with Crippen LogP contribution in [0.25, 0.3) is 0 Å². The molecule has 0 fully saturated rings. The zero-order valence-corrected chi connectivity index (χ0v) is 16.3. The Labute approximate surface area is 157 Å². The Hall–Kier alpha value is -2.00. The molecule has 0 aromatic heterocycles. The second-order valence-corrected chi connectivity index (χ2v) is 6.77. The van der Waals surface area contributed by atoms with Gasteiger partial charge in [0, 0.05) is 5.69 Å². The molecule has 0 heterocycles. The molecule has 138 valence electrons. The minimum absolute atomic E-state index is 0.264. The molecular weight excluding hydrogens is 358 g/mol. The number of aryl methyl sites for hydroxylation is 2. The monoisotopic (exact) mass is 383 g/mol. The summed E-state index contributed by atoms with van der Waals surface area (Å²) in [6.07, 6.45) is 3.25. The number of hydrazine groups is 1. The summed E-state index contributed by atoms with van der Waals surface area (Å²) in [7, 11) is 0. The summed E-state index contributed by atoms with van der Waals surface area (Å²) in [6.45, 7) is 4.04. The first kappa shape index (κ1) is 21.0. The maximum atomic E-state index is 12.2. The molecule has 1 atom stereocenters. The van der Waals surface area contributed by atoms with Crippen LogP contribution in [0.5, 0.6) is 0 Å². The number of urea groups is 1. The Bertz CT molecular complexity index is 625. The van der Waals surface area contributed by atoms with Gasteiger partial charge in [-0.05, 0) is 55.1 Å². The van der Waals surface area contributed by atoms with Crippen molar-refractivity contribution in [1.29, 1.82) is 0 Å². The molecule has 0 bridgehead atoms. The third-order valence-corrected chi connectivity index (χ3v) is 4.37. The van der Waals surface area contributed by atoms with Crippen LogP contribution in [0.15, 0.2) is 18.2 Å². The van der Waals surface area contributed by atoms with Crippen LogP contribution in [-0.2, 0) is 11.2 Å². The first-order chi connectivity index (χ1) is 11.9. The number of rotatable bonds is 7. The number of carbonyl (C=O) groups is 2. The molecule has 1 aromatic rings. The van der Waals surface area contributed by atoms with Gasteiger partial charge in [0.2, 0.25) is 0 Å². The first-order valence-corrected chi connectivity index (χ1v) is 9.69. The number of para-hydroxylation sites is 1. The zero-order valence-electron chi connectivity index (χ0n) is 14.6. The number of hydrogen-bond donors (Lipinski definition) is 5.